The van der Waals surface area contributed by atoms with Gasteiger partial charge in [-0.2, -0.15) is 0 Å². The molecule has 0 saturated heterocycles. The fourth-order valence-electron chi connectivity index (χ4n) is 3.72. The van der Waals surface area contributed by atoms with Crippen LogP contribution in [0.15, 0.2) is 65.5 Å². The van der Waals surface area contributed by atoms with Crippen molar-refractivity contribution in [1.82, 2.24) is 4.73 Å². The minimum absolute atomic E-state index is 0.0827. The maximum absolute atomic E-state index is 13.1. The predicted molar refractivity (Wildman–Crippen MR) is 102 cm³/mol. The molecule has 0 unspecified atom stereocenters. The molecular formula is C22H23NO2. The van der Waals surface area contributed by atoms with E-state index in [2.05, 4.69) is 0 Å². The lowest BCUT2D eigenvalue weighted by Crippen LogP contribution is -2.31. The van der Waals surface area contributed by atoms with Gasteiger partial charge in [0.25, 0.3) is 5.56 Å². The van der Waals surface area contributed by atoms with Gasteiger partial charge < -0.3 is 4.84 Å². The summed E-state index contributed by atoms with van der Waals surface area (Å²) < 4.78 is 1.51. The zero-order valence-corrected chi connectivity index (χ0v) is 14.4. The van der Waals surface area contributed by atoms with Crippen molar-refractivity contribution >= 4 is 10.9 Å². The molecule has 3 nitrogen and oxygen atoms in total. The molecule has 1 heterocycles. The minimum atomic E-state index is -0.0827. The molecule has 0 atom stereocenters. The fraction of sp³-hybridized carbons (Fsp3) is 0.318. The van der Waals surface area contributed by atoms with E-state index in [-0.39, 0.29) is 5.56 Å². The first-order valence-electron chi connectivity index (χ1n) is 9.16. The van der Waals surface area contributed by atoms with Crippen LogP contribution in [-0.2, 0) is 0 Å². The van der Waals surface area contributed by atoms with E-state index >= 15 is 0 Å². The first kappa shape index (κ1) is 15.9. The van der Waals surface area contributed by atoms with Gasteiger partial charge in [0.1, 0.15) is 6.61 Å². The number of hydrogen-bond donors (Lipinski definition) is 0. The van der Waals surface area contributed by atoms with Crippen molar-refractivity contribution in [3.05, 3.63) is 71.0 Å². The Bertz CT molecular complexity index is 908. The van der Waals surface area contributed by atoms with Gasteiger partial charge in [-0.05, 0) is 36.5 Å². The molecule has 1 fully saturated rings. The first-order valence-corrected chi connectivity index (χ1v) is 9.16. The van der Waals surface area contributed by atoms with Gasteiger partial charge in [-0.1, -0.05) is 67.8 Å². The van der Waals surface area contributed by atoms with Gasteiger partial charge >= 0.3 is 0 Å². The molecule has 1 aromatic heterocycles. The average molecular weight is 333 g/mol. The van der Waals surface area contributed by atoms with Crippen LogP contribution in [0.1, 0.15) is 32.1 Å². The highest BCUT2D eigenvalue weighted by molar-refractivity contribution is 5.83. The molecule has 0 amide bonds. The van der Waals surface area contributed by atoms with Crippen LogP contribution in [0, 0.1) is 5.92 Å². The molecule has 4 rings (SSSR count). The third-order valence-corrected chi connectivity index (χ3v) is 5.12. The number of rotatable bonds is 4. The van der Waals surface area contributed by atoms with E-state index in [0.29, 0.717) is 18.1 Å². The lowest BCUT2D eigenvalue weighted by atomic mass is 9.90. The highest BCUT2D eigenvalue weighted by Crippen LogP contribution is 2.24. The Labute approximate surface area is 147 Å². The summed E-state index contributed by atoms with van der Waals surface area (Å²) >= 11 is 0. The van der Waals surface area contributed by atoms with Gasteiger partial charge in [0.2, 0.25) is 0 Å². The van der Waals surface area contributed by atoms with Crippen molar-refractivity contribution in [2.45, 2.75) is 32.1 Å². The summed E-state index contributed by atoms with van der Waals surface area (Å²) in [7, 11) is 0. The van der Waals surface area contributed by atoms with E-state index in [1.54, 1.807) is 0 Å². The SMILES string of the molecule is O=c1c(-c2ccccc2)cc2ccccc2n1OCC1CCCCC1. The monoisotopic (exact) mass is 333 g/mol. The molecule has 0 bridgehead atoms. The number of nitrogens with zero attached hydrogens (tertiary/aromatic N) is 1. The summed E-state index contributed by atoms with van der Waals surface area (Å²) in [6.45, 7) is 0.613. The van der Waals surface area contributed by atoms with Crippen molar-refractivity contribution in [3.63, 3.8) is 0 Å². The van der Waals surface area contributed by atoms with Crippen LogP contribution in [-0.4, -0.2) is 11.3 Å². The summed E-state index contributed by atoms with van der Waals surface area (Å²) in [4.78, 5) is 19.1. The average Bonchev–Trinajstić information content (AvgIpc) is 2.68. The Kier molecular flexibility index (Phi) is 4.55. The molecule has 25 heavy (non-hydrogen) atoms. The molecular weight excluding hydrogens is 310 g/mol. The number of benzene rings is 2. The molecule has 0 N–H and O–H groups in total. The largest absolute Gasteiger partial charge is 0.410 e. The van der Waals surface area contributed by atoms with Crippen molar-refractivity contribution in [3.8, 4) is 11.1 Å². The summed E-state index contributed by atoms with van der Waals surface area (Å²) in [6.07, 6.45) is 6.26. The zero-order chi connectivity index (χ0) is 17.1. The van der Waals surface area contributed by atoms with Crippen molar-refractivity contribution in [1.29, 1.82) is 0 Å². The fourth-order valence-corrected chi connectivity index (χ4v) is 3.72. The van der Waals surface area contributed by atoms with Crippen LogP contribution in [0.25, 0.3) is 22.0 Å². The molecule has 3 aromatic rings. The van der Waals surface area contributed by atoms with Gasteiger partial charge in [-0.3, -0.25) is 4.79 Å². The topological polar surface area (TPSA) is 31.2 Å². The molecule has 1 aliphatic carbocycles. The number of hydrogen-bond acceptors (Lipinski definition) is 2. The molecule has 128 valence electrons. The Morgan fingerprint density at radius 2 is 1.64 bits per heavy atom. The smallest absolute Gasteiger partial charge is 0.291 e. The maximum Gasteiger partial charge on any atom is 0.291 e. The molecule has 3 heteroatoms. The van der Waals surface area contributed by atoms with Crippen molar-refractivity contribution < 1.29 is 4.84 Å². The van der Waals surface area contributed by atoms with E-state index in [9.17, 15) is 4.79 Å². The Morgan fingerprint density at radius 3 is 2.44 bits per heavy atom. The van der Waals surface area contributed by atoms with Gasteiger partial charge in [-0.15, -0.1) is 4.73 Å². The Hall–Kier alpha value is -2.55. The van der Waals surface area contributed by atoms with Crippen LogP contribution in [0.3, 0.4) is 0 Å². The zero-order valence-electron chi connectivity index (χ0n) is 14.4. The number of aromatic nitrogens is 1. The number of pyridine rings is 1. The van der Waals surface area contributed by atoms with Gasteiger partial charge in [0, 0.05) is 5.39 Å². The lowest BCUT2D eigenvalue weighted by molar-refractivity contribution is 0.0701. The lowest BCUT2D eigenvalue weighted by Gasteiger charge is -2.22. The van der Waals surface area contributed by atoms with Crippen LogP contribution in [0.5, 0.6) is 0 Å². The maximum atomic E-state index is 13.1. The van der Waals surface area contributed by atoms with Crippen LogP contribution in [0.4, 0.5) is 0 Å². The third kappa shape index (κ3) is 3.32. The predicted octanol–water partition coefficient (Wildman–Crippen LogP) is 4.68. The van der Waals surface area contributed by atoms with E-state index in [1.165, 1.54) is 36.8 Å². The highest BCUT2D eigenvalue weighted by atomic mass is 16.7. The van der Waals surface area contributed by atoms with E-state index in [0.717, 1.165) is 16.5 Å². The molecule has 1 aliphatic rings. The molecule has 0 aliphatic heterocycles. The van der Waals surface area contributed by atoms with Gasteiger partial charge in [0.05, 0.1) is 11.1 Å². The van der Waals surface area contributed by atoms with Gasteiger partial charge in [-0.25, -0.2) is 0 Å². The number of fused-ring (bicyclic) bond motifs is 1. The third-order valence-electron chi connectivity index (χ3n) is 5.12. The van der Waals surface area contributed by atoms with Crippen molar-refractivity contribution in [2.24, 2.45) is 5.92 Å². The Morgan fingerprint density at radius 1 is 0.920 bits per heavy atom. The molecule has 1 saturated carbocycles. The number of para-hydroxylation sites is 1. The minimum Gasteiger partial charge on any atom is -0.410 e. The van der Waals surface area contributed by atoms with Crippen LogP contribution in [0.2, 0.25) is 0 Å². The molecule has 0 spiro atoms. The van der Waals surface area contributed by atoms with Crippen LogP contribution < -0.4 is 10.4 Å². The van der Waals surface area contributed by atoms with Crippen molar-refractivity contribution in [2.75, 3.05) is 6.61 Å². The second-order valence-electron chi connectivity index (χ2n) is 6.88. The highest BCUT2D eigenvalue weighted by Gasteiger charge is 2.16. The summed E-state index contributed by atoms with van der Waals surface area (Å²) in [5, 5.41) is 1.02. The normalized spacial score (nSPS) is 15.4. The summed E-state index contributed by atoms with van der Waals surface area (Å²) in [5.74, 6) is 0.555. The Balaban J connectivity index is 1.75. The standard InChI is InChI=1S/C22H23NO2/c24-22-20(18-11-5-2-6-12-18)15-19-13-7-8-14-21(19)23(22)25-16-17-9-3-1-4-10-17/h2,5-8,11-15,17H,1,3-4,9-10,16H2. The summed E-state index contributed by atoms with van der Waals surface area (Å²) in [5.41, 5.74) is 2.36. The summed E-state index contributed by atoms with van der Waals surface area (Å²) in [6, 6.07) is 19.7. The second-order valence-corrected chi connectivity index (χ2v) is 6.88. The quantitative estimate of drug-likeness (QED) is 0.694. The van der Waals surface area contributed by atoms with Gasteiger partial charge in [0.15, 0.2) is 0 Å². The molecule has 0 radical (unpaired) electrons. The van der Waals surface area contributed by atoms with E-state index in [1.807, 2.05) is 60.7 Å². The second kappa shape index (κ2) is 7.14. The van der Waals surface area contributed by atoms with E-state index in [4.69, 9.17) is 4.84 Å². The molecule has 2 aromatic carbocycles. The van der Waals surface area contributed by atoms with E-state index < -0.39 is 0 Å². The first-order chi connectivity index (χ1) is 12.3. The van der Waals surface area contributed by atoms with Crippen LogP contribution >= 0.6 is 0 Å².